The molecule has 1 N–H and O–H groups in total. The van der Waals surface area contributed by atoms with Gasteiger partial charge in [0.05, 0.1) is 30.5 Å². The summed E-state index contributed by atoms with van der Waals surface area (Å²) in [6.07, 6.45) is 1.75. The quantitative estimate of drug-likeness (QED) is 0.338. The molecule has 1 saturated heterocycles. The number of benzene rings is 3. The molecule has 1 amide bonds. The van der Waals surface area contributed by atoms with Gasteiger partial charge >= 0.3 is 0 Å². The number of amidine groups is 1. The van der Waals surface area contributed by atoms with Crippen LogP contribution in [0.5, 0.6) is 5.75 Å². The van der Waals surface area contributed by atoms with Gasteiger partial charge in [0.1, 0.15) is 5.75 Å². The average Bonchev–Trinajstić information content (AvgIpc) is 3.40. The van der Waals surface area contributed by atoms with Crippen LogP contribution in [0.2, 0.25) is 0 Å². The molecule has 0 aliphatic carbocycles. The summed E-state index contributed by atoms with van der Waals surface area (Å²) in [7, 11) is 1.61. The lowest BCUT2D eigenvalue weighted by Crippen LogP contribution is -2.28. The number of anilines is 1. The Labute approximate surface area is 189 Å². The normalized spacial score (nSPS) is 15.3. The van der Waals surface area contributed by atoms with Crippen molar-refractivity contribution in [2.75, 3.05) is 17.8 Å². The second-order valence-electron chi connectivity index (χ2n) is 7.17. The van der Waals surface area contributed by atoms with Gasteiger partial charge in [-0.2, -0.15) is 5.10 Å². The Balaban J connectivity index is 1.50. The molecule has 4 aromatic rings. The SMILES string of the molecule is COc1ccc(N2C(=O)CSC2=N/N=C\c2c(-c3ccccc3)[nH]c3ccccc23)cc1. The molecule has 0 bridgehead atoms. The van der Waals surface area contributed by atoms with E-state index in [1.165, 1.54) is 11.8 Å². The number of aromatic nitrogens is 1. The van der Waals surface area contributed by atoms with Crippen LogP contribution in [0.15, 0.2) is 89.1 Å². The van der Waals surface area contributed by atoms with Crippen molar-refractivity contribution >= 4 is 45.6 Å². The molecule has 1 fully saturated rings. The highest BCUT2D eigenvalue weighted by Gasteiger charge is 2.29. The second kappa shape index (κ2) is 8.72. The number of rotatable bonds is 5. The molecule has 3 aromatic carbocycles. The van der Waals surface area contributed by atoms with Crippen LogP contribution in [-0.2, 0) is 4.79 Å². The van der Waals surface area contributed by atoms with Gasteiger partial charge < -0.3 is 9.72 Å². The molecule has 0 spiro atoms. The van der Waals surface area contributed by atoms with Crippen LogP contribution >= 0.6 is 11.8 Å². The molecule has 2 heterocycles. The molecule has 1 aliphatic heterocycles. The van der Waals surface area contributed by atoms with Crippen LogP contribution in [-0.4, -0.2) is 35.1 Å². The molecule has 32 heavy (non-hydrogen) atoms. The van der Waals surface area contributed by atoms with Gasteiger partial charge in [-0.25, -0.2) is 0 Å². The fourth-order valence-corrected chi connectivity index (χ4v) is 4.51. The lowest BCUT2D eigenvalue weighted by molar-refractivity contribution is -0.115. The van der Waals surface area contributed by atoms with Gasteiger partial charge in [-0.3, -0.25) is 9.69 Å². The minimum absolute atomic E-state index is 0.0221. The third-order valence-corrected chi connectivity index (χ3v) is 6.15. The molecule has 7 heteroatoms. The highest BCUT2D eigenvalue weighted by Crippen LogP contribution is 2.30. The van der Waals surface area contributed by atoms with Crippen molar-refractivity contribution in [1.82, 2.24) is 4.98 Å². The molecule has 0 atom stereocenters. The zero-order valence-electron chi connectivity index (χ0n) is 17.4. The zero-order valence-corrected chi connectivity index (χ0v) is 18.2. The maximum atomic E-state index is 12.5. The number of ether oxygens (including phenoxy) is 1. The summed E-state index contributed by atoms with van der Waals surface area (Å²) in [4.78, 5) is 17.6. The Morgan fingerprint density at radius 1 is 1.00 bits per heavy atom. The predicted molar refractivity (Wildman–Crippen MR) is 132 cm³/mol. The fourth-order valence-electron chi connectivity index (χ4n) is 3.69. The standard InChI is InChI=1S/C25H20N4O2S/c1-31-19-13-11-18(12-14-19)29-23(30)16-32-25(29)28-26-15-21-20-9-5-6-10-22(20)27-24(21)17-7-3-2-4-8-17/h2-15,27H,16H2,1H3/b26-15-,28-25?. The van der Waals surface area contributed by atoms with Gasteiger partial charge in [-0.15, -0.1) is 5.10 Å². The van der Waals surface area contributed by atoms with E-state index in [2.05, 4.69) is 33.4 Å². The number of nitrogens with zero attached hydrogens (tertiary/aromatic N) is 3. The van der Waals surface area contributed by atoms with E-state index in [1.807, 2.05) is 60.7 Å². The Morgan fingerprint density at radius 2 is 1.75 bits per heavy atom. The lowest BCUT2D eigenvalue weighted by Gasteiger charge is -2.15. The first-order chi connectivity index (χ1) is 15.7. The minimum atomic E-state index is -0.0221. The van der Waals surface area contributed by atoms with Crippen molar-refractivity contribution in [1.29, 1.82) is 0 Å². The maximum absolute atomic E-state index is 12.5. The van der Waals surface area contributed by atoms with E-state index in [0.29, 0.717) is 10.9 Å². The Hall–Kier alpha value is -3.84. The molecule has 0 unspecified atom stereocenters. The first-order valence-corrected chi connectivity index (χ1v) is 11.1. The van der Waals surface area contributed by atoms with Crippen molar-refractivity contribution < 1.29 is 9.53 Å². The second-order valence-corrected chi connectivity index (χ2v) is 8.11. The first kappa shape index (κ1) is 20.1. The van der Waals surface area contributed by atoms with Crippen LogP contribution < -0.4 is 9.64 Å². The van der Waals surface area contributed by atoms with Gasteiger partial charge in [-0.1, -0.05) is 60.3 Å². The summed E-state index contributed by atoms with van der Waals surface area (Å²) < 4.78 is 5.21. The number of fused-ring (bicyclic) bond motifs is 1. The van der Waals surface area contributed by atoms with Crippen LogP contribution in [0.1, 0.15) is 5.56 Å². The van der Waals surface area contributed by atoms with Gasteiger partial charge in [0.25, 0.3) is 0 Å². The number of amides is 1. The number of aromatic amines is 1. The highest BCUT2D eigenvalue weighted by molar-refractivity contribution is 8.15. The summed E-state index contributed by atoms with van der Waals surface area (Å²) in [6, 6.07) is 25.6. The average molecular weight is 441 g/mol. The predicted octanol–water partition coefficient (Wildman–Crippen LogP) is 5.31. The lowest BCUT2D eigenvalue weighted by atomic mass is 10.1. The van der Waals surface area contributed by atoms with E-state index >= 15 is 0 Å². The monoisotopic (exact) mass is 440 g/mol. The van der Waals surface area contributed by atoms with Crippen molar-refractivity contribution in [2.24, 2.45) is 10.2 Å². The molecule has 6 nitrogen and oxygen atoms in total. The van der Waals surface area contributed by atoms with Gasteiger partial charge in [0, 0.05) is 16.5 Å². The first-order valence-electron chi connectivity index (χ1n) is 10.1. The van der Waals surface area contributed by atoms with Crippen molar-refractivity contribution in [3.8, 4) is 17.0 Å². The Bertz CT molecular complexity index is 1330. The fraction of sp³-hybridized carbons (Fsp3) is 0.0800. The largest absolute Gasteiger partial charge is 0.497 e. The van der Waals surface area contributed by atoms with Gasteiger partial charge in [0.2, 0.25) is 5.91 Å². The van der Waals surface area contributed by atoms with E-state index in [-0.39, 0.29) is 5.91 Å². The third-order valence-electron chi connectivity index (χ3n) is 5.23. The molecule has 1 aliphatic rings. The van der Waals surface area contributed by atoms with Crippen LogP contribution in [0.25, 0.3) is 22.2 Å². The van der Waals surface area contributed by atoms with Crippen LogP contribution in [0.3, 0.4) is 0 Å². The van der Waals surface area contributed by atoms with Crippen molar-refractivity contribution in [3.05, 3.63) is 84.4 Å². The summed E-state index contributed by atoms with van der Waals surface area (Å²) in [5.74, 6) is 1.05. The molecule has 0 radical (unpaired) electrons. The highest BCUT2D eigenvalue weighted by atomic mass is 32.2. The maximum Gasteiger partial charge on any atom is 0.243 e. The van der Waals surface area contributed by atoms with Crippen molar-refractivity contribution in [2.45, 2.75) is 0 Å². The number of nitrogens with one attached hydrogen (secondary N) is 1. The van der Waals surface area contributed by atoms with Crippen molar-refractivity contribution in [3.63, 3.8) is 0 Å². The minimum Gasteiger partial charge on any atom is -0.497 e. The number of carbonyl (C=O) groups excluding carboxylic acids is 1. The Morgan fingerprint density at radius 3 is 2.53 bits per heavy atom. The van der Waals surface area contributed by atoms with E-state index in [9.17, 15) is 4.79 Å². The third kappa shape index (κ3) is 3.78. The summed E-state index contributed by atoms with van der Waals surface area (Å²) in [6.45, 7) is 0. The van der Waals surface area contributed by atoms with Crippen LogP contribution in [0, 0.1) is 0 Å². The molecule has 158 valence electrons. The number of carbonyl (C=O) groups is 1. The smallest absolute Gasteiger partial charge is 0.243 e. The van der Waals surface area contributed by atoms with E-state index in [0.717, 1.165) is 39.2 Å². The summed E-state index contributed by atoms with van der Waals surface area (Å²) >= 11 is 1.38. The topological polar surface area (TPSA) is 70.0 Å². The summed E-state index contributed by atoms with van der Waals surface area (Å²) in [5, 5.41) is 10.4. The number of para-hydroxylation sites is 1. The number of hydrogen-bond donors (Lipinski definition) is 1. The van der Waals surface area contributed by atoms with Crippen LogP contribution in [0.4, 0.5) is 5.69 Å². The number of thioether (sulfide) groups is 1. The number of H-pyrrole nitrogens is 1. The molecule has 5 rings (SSSR count). The molecule has 0 saturated carbocycles. The molecular weight excluding hydrogens is 420 g/mol. The van der Waals surface area contributed by atoms with Gasteiger partial charge in [-0.05, 0) is 35.9 Å². The summed E-state index contributed by atoms with van der Waals surface area (Å²) in [5.41, 5.74) is 4.79. The molecular formula is C25H20N4O2S. The molecule has 1 aromatic heterocycles. The van der Waals surface area contributed by atoms with E-state index in [1.54, 1.807) is 18.2 Å². The van der Waals surface area contributed by atoms with Gasteiger partial charge in [0.15, 0.2) is 5.17 Å². The Kier molecular flexibility index (Phi) is 5.47. The van der Waals surface area contributed by atoms with E-state index < -0.39 is 0 Å². The zero-order chi connectivity index (χ0) is 21.9. The number of hydrogen-bond acceptors (Lipinski definition) is 5. The van der Waals surface area contributed by atoms with E-state index in [4.69, 9.17) is 4.74 Å². The number of methoxy groups -OCH3 is 1.